The Morgan fingerprint density at radius 2 is 1.55 bits per heavy atom. The van der Waals surface area contributed by atoms with Gasteiger partial charge in [0.1, 0.15) is 0 Å². The number of aliphatic hydroxyl groups is 1. The van der Waals surface area contributed by atoms with E-state index in [4.69, 9.17) is 5.73 Å². The monoisotopic (exact) mass is 159 g/mol. The Morgan fingerprint density at radius 3 is 1.64 bits per heavy atom. The second-order valence-corrected chi connectivity index (χ2v) is 5.10. The lowest BCUT2D eigenvalue weighted by Crippen LogP contribution is -2.46. The predicted molar refractivity (Wildman–Crippen MR) is 48.3 cm³/mol. The molecule has 0 aromatic heterocycles. The molecule has 0 heterocycles. The van der Waals surface area contributed by atoms with Crippen LogP contribution in [0, 0.1) is 5.41 Å². The Bertz CT molecular complexity index is 119. The highest BCUT2D eigenvalue weighted by Gasteiger charge is 2.27. The lowest BCUT2D eigenvalue weighted by atomic mass is 9.83. The summed E-state index contributed by atoms with van der Waals surface area (Å²) in [6.45, 7) is 10.00. The van der Waals surface area contributed by atoms with Gasteiger partial charge in [-0.3, -0.25) is 0 Å². The quantitative estimate of drug-likeness (QED) is 0.641. The third kappa shape index (κ3) is 5.22. The minimum absolute atomic E-state index is 0.149. The van der Waals surface area contributed by atoms with Crippen LogP contribution >= 0.6 is 0 Å². The molecule has 1 atom stereocenters. The molecule has 0 radical (unpaired) electrons. The maximum atomic E-state index is 9.60. The van der Waals surface area contributed by atoms with Gasteiger partial charge >= 0.3 is 0 Å². The summed E-state index contributed by atoms with van der Waals surface area (Å²) in [7, 11) is 0. The maximum Gasteiger partial charge on any atom is 0.0719 e. The Kier molecular flexibility index (Phi) is 3.09. The van der Waals surface area contributed by atoms with Gasteiger partial charge in [-0.25, -0.2) is 0 Å². The molecule has 2 nitrogen and oxygen atoms in total. The van der Waals surface area contributed by atoms with Gasteiger partial charge < -0.3 is 10.8 Å². The Morgan fingerprint density at radius 1 is 1.18 bits per heavy atom. The highest BCUT2D eigenvalue weighted by molar-refractivity contribution is 4.84. The average molecular weight is 159 g/mol. The van der Waals surface area contributed by atoms with Crippen molar-refractivity contribution < 1.29 is 5.11 Å². The fourth-order valence-electron chi connectivity index (χ4n) is 0.843. The fraction of sp³-hybridized carbons (Fsp3) is 1.00. The van der Waals surface area contributed by atoms with Crippen molar-refractivity contribution in [3.8, 4) is 0 Å². The van der Waals surface area contributed by atoms with E-state index in [9.17, 15) is 5.11 Å². The first-order chi connectivity index (χ1) is 4.63. The summed E-state index contributed by atoms with van der Waals surface area (Å²) >= 11 is 0. The molecule has 1 unspecified atom stereocenters. The van der Waals surface area contributed by atoms with Crippen molar-refractivity contribution in [1.29, 1.82) is 0 Å². The Balaban J connectivity index is 3.99. The van der Waals surface area contributed by atoms with Crippen molar-refractivity contribution in [3.05, 3.63) is 0 Å². The van der Waals surface area contributed by atoms with E-state index in [0.29, 0.717) is 0 Å². The molecular formula is C9H21NO. The first-order valence-corrected chi connectivity index (χ1v) is 4.10. The number of hydrogen-bond donors (Lipinski definition) is 2. The lowest BCUT2D eigenvalue weighted by Gasteiger charge is -2.31. The topological polar surface area (TPSA) is 46.2 Å². The highest BCUT2D eigenvalue weighted by atomic mass is 16.3. The van der Waals surface area contributed by atoms with E-state index in [-0.39, 0.29) is 5.41 Å². The van der Waals surface area contributed by atoms with Gasteiger partial charge in [0.05, 0.1) is 6.10 Å². The Labute approximate surface area is 69.8 Å². The van der Waals surface area contributed by atoms with Crippen LogP contribution in [0.25, 0.3) is 0 Å². The molecule has 68 valence electrons. The van der Waals surface area contributed by atoms with Crippen LogP contribution in [0.15, 0.2) is 0 Å². The fourth-order valence-corrected chi connectivity index (χ4v) is 0.843. The zero-order chi connectivity index (χ0) is 9.28. The number of nitrogens with two attached hydrogens (primary N) is 1. The van der Waals surface area contributed by atoms with Gasteiger partial charge in [0.15, 0.2) is 0 Å². The van der Waals surface area contributed by atoms with Crippen LogP contribution in [0.5, 0.6) is 0 Å². The summed E-state index contributed by atoms with van der Waals surface area (Å²) in [6.07, 6.45) is 0.332. The third-order valence-electron chi connectivity index (χ3n) is 1.66. The average Bonchev–Trinajstić information content (AvgIpc) is 1.56. The Hall–Kier alpha value is -0.0800. The van der Waals surface area contributed by atoms with Crippen molar-refractivity contribution in [2.24, 2.45) is 11.1 Å². The van der Waals surface area contributed by atoms with Crippen molar-refractivity contribution in [2.75, 3.05) is 0 Å². The highest BCUT2D eigenvalue weighted by Crippen LogP contribution is 2.24. The van der Waals surface area contributed by atoms with Gasteiger partial charge in [-0.15, -0.1) is 0 Å². The van der Waals surface area contributed by atoms with Gasteiger partial charge in [-0.1, -0.05) is 20.8 Å². The molecule has 0 saturated carbocycles. The van der Waals surface area contributed by atoms with Crippen LogP contribution in [-0.4, -0.2) is 16.7 Å². The van der Waals surface area contributed by atoms with Gasteiger partial charge in [-0.05, 0) is 25.7 Å². The van der Waals surface area contributed by atoms with Crippen molar-refractivity contribution in [3.63, 3.8) is 0 Å². The summed E-state index contributed by atoms with van der Waals surface area (Å²) in [4.78, 5) is 0. The molecular weight excluding hydrogens is 138 g/mol. The maximum absolute atomic E-state index is 9.60. The smallest absolute Gasteiger partial charge is 0.0719 e. The van der Waals surface area contributed by atoms with E-state index < -0.39 is 11.6 Å². The third-order valence-corrected chi connectivity index (χ3v) is 1.66. The van der Waals surface area contributed by atoms with E-state index in [2.05, 4.69) is 20.8 Å². The van der Waals surface area contributed by atoms with Crippen LogP contribution in [0.2, 0.25) is 0 Å². The number of aliphatic hydroxyl groups excluding tert-OH is 1. The van der Waals surface area contributed by atoms with Crippen molar-refractivity contribution in [1.82, 2.24) is 0 Å². The first-order valence-electron chi connectivity index (χ1n) is 4.10. The zero-order valence-electron chi connectivity index (χ0n) is 8.31. The van der Waals surface area contributed by atoms with Crippen LogP contribution in [-0.2, 0) is 0 Å². The van der Waals surface area contributed by atoms with Gasteiger partial charge in [0.2, 0.25) is 0 Å². The molecule has 0 aromatic rings. The molecule has 0 amide bonds. The normalized spacial score (nSPS) is 16.6. The summed E-state index contributed by atoms with van der Waals surface area (Å²) in [5, 5.41) is 9.60. The molecule has 2 heteroatoms. The van der Waals surface area contributed by atoms with E-state index in [1.165, 1.54) is 0 Å². The van der Waals surface area contributed by atoms with Gasteiger partial charge in [0, 0.05) is 5.54 Å². The second-order valence-electron chi connectivity index (χ2n) is 5.10. The van der Waals surface area contributed by atoms with Crippen LogP contribution < -0.4 is 5.73 Å². The summed E-state index contributed by atoms with van der Waals surface area (Å²) in [5.41, 5.74) is 5.41. The van der Waals surface area contributed by atoms with Crippen LogP contribution in [0.1, 0.15) is 41.0 Å². The van der Waals surface area contributed by atoms with E-state index in [1.54, 1.807) is 0 Å². The summed E-state index contributed by atoms with van der Waals surface area (Å²) < 4.78 is 0. The SMILES string of the molecule is CC(C)(C)CC(O)C(C)(C)N. The molecule has 0 aliphatic heterocycles. The minimum Gasteiger partial charge on any atom is -0.391 e. The second kappa shape index (κ2) is 3.11. The lowest BCUT2D eigenvalue weighted by molar-refractivity contribution is 0.0632. The molecule has 0 rings (SSSR count). The van der Waals surface area contributed by atoms with Crippen LogP contribution in [0.3, 0.4) is 0 Å². The molecule has 0 fully saturated rings. The van der Waals surface area contributed by atoms with E-state index >= 15 is 0 Å². The molecule has 0 aliphatic carbocycles. The van der Waals surface area contributed by atoms with Crippen LogP contribution in [0.4, 0.5) is 0 Å². The van der Waals surface area contributed by atoms with Gasteiger partial charge in [-0.2, -0.15) is 0 Å². The minimum atomic E-state index is -0.479. The molecule has 0 aliphatic rings. The van der Waals surface area contributed by atoms with E-state index in [1.807, 2.05) is 13.8 Å². The molecule has 11 heavy (non-hydrogen) atoms. The van der Waals surface area contributed by atoms with E-state index in [0.717, 1.165) is 6.42 Å². The molecule has 0 saturated heterocycles. The molecule has 3 N–H and O–H groups in total. The zero-order valence-corrected chi connectivity index (χ0v) is 8.31. The largest absolute Gasteiger partial charge is 0.391 e. The van der Waals surface area contributed by atoms with Gasteiger partial charge in [0.25, 0.3) is 0 Å². The van der Waals surface area contributed by atoms with Crippen molar-refractivity contribution in [2.45, 2.75) is 52.7 Å². The first kappa shape index (κ1) is 10.9. The molecule has 0 aromatic carbocycles. The molecule has 0 spiro atoms. The summed E-state index contributed by atoms with van der Waals surface area (Å²) in [5.74, 6) is 0. The summed E-state index contributed by atoms with van der Waals surface area (Å²) in [6, 6.07) is 0. The molecule has 0 bridgehead atoms. The number of hydrogen-bond acceptors (Lipinski definition) is 2. The standard InChI is InChI=1S/C9H21NO/c1-8(2,3)6-7(11)9(4,5)10/h7,11H,6,10H2,1-5H3. The predicted octanol–water partition coefficient (Wildman–Crippen LogP) is 1.52. The van der Waals surface area contributed by atoms with Crippen molar-refractivity contribution >= 4 is 0 Å². The number of rotatable bonds is 2.